The van der Waals surface area contributed by atoms with Gasteiger partial charge in [-0.25, -0.2) is 4.79 Å². The van der Waals surface area contributed by atoms with Crippen LogP contribution in [0, 0.1) is 5.92 Å². The number of carbonyl (C=O) groups excluding carboxylic acids is 3. The second kappa shape index (κ2) is 8.70. The number of carbonyl (C=O) groups is 3. The highest BCUT2D eigenvalue weighted by Crippen LogP contribution is 2.36. The fourth-order valence-corrected chi connectivity index (χ4v) is 2.48. The van der Waals surface area contributed by atoms with E-state index in [0.29, 0.717) is 16.8 Å². The first-order valence-corrected chi connectivity index (χ1v) is 8.87. The van der Waals surface area contributed by atoms with Gasteiger partial charge in [0.15, 0.2) is 0 Å². The first-order chi connectivity index (χ1) is 12.8. The molecular weight excluding hydrogens is 350 g/mol. The Labute approximate surface area is 158 Å². The van der Waals surface area contributed by atoms with E-state index in [2.05, 4.69) is 0 Å². The van der Waals surface area contributed by atoms with Crippen LogP contribution in [0.1, 0.15) is 43.6 Å². The van der Waals surface area contributed by atoms with Crippen molar-refractivity contribution >= 4 is 23.5 Å². The molecule has 1 amide bonds. The number of methoxy groups -OCH3 is 1. The van der Waals surface area contributed by atoms with Crippen molar-refractivity contribution in [3.63, 3.8) is 0 Å². The maximum atomic E-state index is 12.5. The van der Waals surface area contributed by atoms with Crippen molar-refractivity contribution in [3.05, 3.63) is 41.2 Å². The summed E-state index contributed by atoms with van der Waals surface area (Å²) in [7, 11) is 1.31. The zero-order valence-corrected chi connectivity index (χ0v) is 16.3. The molecule has 0 aliphatic carbocycles. The first kappa shape index (κ1) is 20.5. The second-order valence-electron chi connectivity index (χ2n) is 6.51. The number of hydrogen-bond acceptors (Lipinski definition) is 6. The Balaban J connectivity index is 2.35. The van der Waals surface area contributed by atoms with Crippen molar-refractivity contribution in [2.45, 2.75) is 33.8 Å². The Morgan fingerprint density at radius 1 is 1.11 bits per heavy atom. The first-order valence-electron chi connectivity index (χ1n) is 8.87. The van der Waals surface area contributed by atoms with E-state index < -0.39 is 11.9 Å². The summed E-state index contributed by atoms with van der Waals surface area (Å²) >= 11 is 0. The van der Waals surface area contributed by atoms with Gasteiger partial charge in [0.05, 0.1) is 25.4 Å². The van der Waals surface area contributed by atoms with Gasteiger partial charge in [-0.15, -0.1) is 0 Å². The van der Waals surface area contributed by atoms with Gasteiger partial charge >= 0.3 is 11.9 Å². The van der Waals surface area contributed by atoms with E-state index in [1.165, 1.54) is 12.0 Å². The van der Waals surface area contributed by atoms with E-state index in [1.807, 2.05) is 20.8 Å². The van der Waals surface area contributed by atoms with Crippen LogP contribution in [0.2, 0.25) is 0 Å². The van der Waals surface area contributed by atoms with Crippen LogP contribution >= 0.6 is 0 Å². The molecule has 7 nitrogen and oxygen atoms in total. The lowest BCUT2D eigenvalue weighted by Gasteiger charge is -2.37. The van der Waals surface area contributed by atoms with Gasteiger partial charge in [-0.2, -0.15) is 0 Å². The number of hydrogen-bond donors (Lipinski definition) is 0. The zero-order valence-electron chi connectivity index (χ0n) is 16.3. The molecule has 2 rings (SSSR count). The van der Waals surface area contributed by atoms with Gasteiger partial charge < -0.3 is 14.2 Å². The summed E-state index contributed by atoms with van der Waals surface area (Å²) in [4.78, 5) is 37.3. The molecule has 1 unspecified atom stereocenters. The van der Waals surface area contributed by atoms with Crippen LogP contribution in [0.4, 0.5) is 0 Å². The van der Waals surface area contributed by atoms with E-state index in [0.717, 1.165) is 0 Å². The molecule has 0 bridgehead atoms. The smallest absolute Gasteiger partial charge is 0.337 e. The van der Waals surface area contributed by atoms with E-state index in [9.17, 15) is 14.4 Å². The van der Waals surface area contributed by atoms with Crippen LogP contribution in [-0.2, 0) is 23.8 Å². The fourth-order valence-electron chi connectivity index (χ4n) is 2.48. The summed E-state index contributed by atoms with van der Waals surface area (Å²) in [5.74, 6) is -0.875. The van der Waals surface area contributed by atoms with Crippen LogP contribution in [0.25, 0.3) is 5.70 Å². The standard InChI is InChI=1S/C20H25NO6/c1-6-26-16(22)11-21-17(18(19(21)23)27-13(4)12(2)3)14-7-9-15(10-8-14)20(24)25-5/h7-10,12-13H,6,11H2,1-5H3. The predicted molar refractivity (Wildman–Crippen MR) is 98.4 cm³/mol. The molecule has 1 aliphatic heterocycles. The van der Waals surface area contributed by atoms with E-state index in [1.54, 1.807) is 31.2 Å². The fraction of sp³-hybridized carbons (Fsp3) is 0.450. The molecule has 1 atom stereocenters. The SMILES string of the molecule is CCOC(=O)CN1C(=O)C(OC(C)C(C)C)=C1c1ccc(C(=O)OC)cc1. The minimum absolute atomic E-state index is 0.168. The van der Waals surface area contributed by atoms with Crippen molar-refractivity contribution in [2.75, 3.05) is 20.3 Å². The van der Waals surface area contributed by atoms with Crippen molar-refractivity contribution < 1.29 is 28.6 Å². The molecule has 0 spiro atoms. The van der Waals surface area contributed by atoms with Crippen LogP contribution < -0.4 is 0 Å². The quantitative estimate of drug-likeness (QED) is 0.650. The average molecular weight is 375 g/mol. The van der Waals surface area contributed by atoms with Crippen molar-refractivity contribution in [3.8, 4) is 0 Å². The summed E-state index contributed by atoms with van der Waals surface area (Å²) in [6.07, 6.45) is -0.168. The maximum absolute atomic E-state index is 12.5. The highest BCUT2D eigenvalue weighted by molar-refractivity contribution is 6.13. The normalized spacial score (nSPS) is 14.7. The molecule has 0 radical (unpaired) electrons. The Morgan fingerprint density at radius 2 is 1.74 bits per heavy atom. The van der Waals surface area contributed by atoms with E-state index in [-0.39, 0.29) is 36.8 Å². The molecule has 0 N–H and O–H groups in total. The van der Waals surface area contributed by atoms with Crippen LogP contribution in [-0.4, -0.2) is 49.1 Å². The minimum atomic E-state index is -0.495. The van der Waals surface area contributed by atoms with Gasteiger partial charge in [-0.3, -0.25) is 14.5 Å². The third-order valence-corrected chi connectivity index (χ3v) is 4.34. The van der Waals surface area contributed by atoms with Gasteiger partial charge in [0.25, 0.3) is 5.91 Å². The van der Waals surface area contributed by atoms with Gasteiger partial charge in [0.2, 0.25) is 5.76 Å². The zero-order chi connectivity index (χ0) is 20.1. The van der Waals surface area contributed by atoms with Crippen LogP contribution in [0.5, 0.6) is 0 Å². The molecule has 1 aliphatic rings. The van der Waals surface area contributed by atoms with Gasteiger partial charge in [0.1, 0.15) is 12.2 Å². The minimum Gasteiger partial charge on any atom is -0.483 e. The molecule has 1 aromatic rings. The number of amides is 1. The number of nitrogens with zero attached hydrogens (tertiary/aromatic N) is 1. The summed E-state index contributed by atoms with van der Waals surface area (Å²) < 4.78 is 15.5. The van der Waals surface area contributed by atoms with Crippen molar-refractivity contribution in [1.29, 1.82) is 0 Å². The molecule has 0 saturated carbocycles. The van der Waals surface area contributed by atoms with Gasteiger partial charge in [-0.1, -0.05) is 26.0 Å². The molecule has 1 aromatic carbocycles. The molecule has 7 heteroatoms. The monoisotopic (exact) mass is 375 g/mol. The summed E-state index contributed by atoms with van der Waals surface area (Å²) in [5.41, 5.74) is 1.57. The average Bonchev–Trinajstić information content (AvgIpc) is 2.66. The summed E-state index contributed by atoms with van der Waals surface area (Å²) in [6.45, 7) is 7.63. The molecule has 146 valence electrons. The third kappa shape index (κ3) is 4.48. The van der Waals surface area contributed by atoms with Crippen molar-refractivity contribution in [2.24, 2.45) is 5.92 Å². The third-order valence-electron chi connectivity index (χ3n) is 4.34. The van der Waals surface area contributed by atoms with Crippen LogP contribution in [0.15, 0.2) is 30.0 Å². The Morgan fingerprint density at radius 3 is 2.26 bits per heavy atom. The topological polar surface area (TPSA) is 82.1 Å². The Hall–Kier alpha value is -2.83. The molecule has 1 heterocycles. The highest BCUT2D eigenvalue weighted by atomic mass is 16.5. The maximum Gasteiger partial charge on any atom is 0.337 e. The number of rotatable bonds is 8. The van der Waals surface area contributed by atoms with E-state index >= 15 is 0 Å². The number of benzene rings is 1. The lowest BCUT2D eigenvalue weighted by atomic mass is 10.0. The predicted octanol–water partition coefficient (Wildman–Crippen LogP) is 2.61. The molecular formula is C20H25NO6. The molecule has 27 heavy (non-hydrogen) atoms. The van der Waals surface area contributed by atoms with Gasteiger partial charge in [0, 0.05) is 5.56 Å². The molecule has 0 saturated heterocycles. The Bertz CT molecular complexity index is 750. The molecule has 0 aromatic heterocycles. The summed E-state index contributed by atoms with van der Waals surface area (Å²) in [6, 6.07) is 6.58. The Kier molecular flexibility index (Phi) is 6.60. The number of ether oxygens (including phenoxy) is 3. The second-order valence-corrected chi connectivity index (χ2v) is 6.51. The lowest BCUT2D eigenvalue weighted by Crippen LogP contribution is -2.46. The largest absolute Gasteiger partial charge is 0.483 e. The van der Waals surface area contributed by atoms with Crippen LogP contribution in [0.3, 0.4) is 0 Å². The van der Waals surface area contributed by atoms with Gasteiger partial charge in [-0.05, 0) is 31.9 Å². The molecule has 0 fully saturated rings. The highest BCUT2D eigenvalue weighted by Gasteiger charge is 2.41. The van der Waals surface area contributed by atoms with E-state index in [4.69, 9.17) is 14.2 Å². The van der Waals surface area contributed by atoms with Crippen molar-refractivity contribution in [1.82, 2.24) is 4.90 Å². The number of esters is 2. The summed E-state index contributed by atoms with van der Waals surface area (Å²) in [5, 5.41) is 0. The lowest BCUT2D eigenvalue weighted by molar-refractivity contribution is -0.148.